The summed E-state index contributed by atoms with van der Waals surface area (Å²) in [6.07, 6.45) is 3.36. The Morgan fingerprint density at radius 2 is 1.95 bits per heavy atom. The monoisotopic (exact) mass is 332 g/mol. The van der Waals surface area contributed by atoms with Crippen LogP contribution in [-0.4, -0.2) is 57.2 Å². The third-order valence-corrected chi connectivity index (χ3v) is 6.03. The van der Waals surface area contributed by atoms with E-state index in [1.807, 2.05) is 7.05 Å². The topological polar surface area (TPSA) is 65.5 Å². The Labute approximate surface area is 131 Å². The minimum Gasteiger partial charge on any atom is -0.345 e. The maximum Gasteiger partial charge on any atom is 0.211 e. The number of nitrogens with one attached hydrogen (secondary N) is 1. The van der Waals surface area contributed by atoms with Crippen molar-refractivity contribution < 1.29 is 8.42 Å². The molecule has 1 saturated heterocycles. The van der Waals surface area contributed by atoms with Crippen molar-refractivity contribution in [3.63, 3.8) is 0 Å². The largest absolute Gasteiger partial charge is 0.345 e. The van der Waals surface area contributed by atoms with Crippen molar-refractivity contribution in [1.29, 1.82) is 0 Å². The SMILES string of the molecule is CCCc1nc(N2CCN(S(C)(=O)=O)CC2)sc1CNC. The molecule has 0 saturated carbocycles. The Kier molecular flexibility index (Phi) is 5.59. The highest BCUT2D eigenvalue weighted by Gasteiger charge is 2.25. The fourth-order valence-corrected chi connectivity index (χ4v) is 4.44. The number of piperazine rings is 1. The van der Waals surface area contributed by atoms with Gasteiger partial charge in [0.25, 0.3) is 0 Å². The average Bonchev–Trinajstić information content (AvgIpc) is 2.82. The molecule has 21 heavy (non-hydrogen) atoms. The molecule has 0 aromatic carbocycles. The first-order valence-corrected chi connectivity index (χ1v) is 9.95. The molecule has 0 spiro atoms. The lowest BCUT2D eigenvalue weighted by molar-refractivity contribution is 0.388. The van der Waals surface area contributed by atoms with Crippen LogP contribution in [-0.2, 0) is 23.0 Å². The van der Waals surface area contributed by atoms with Crippen LogP contribution in [0, 0.1) is 0 Å². The van der Waals surface area contributed by atoms with Gasteiger partial charge < -0.3 is 10.2 Å². The quantitative estimate of drug-likeness (QED) is 0.838. The zero-order valence-corrected chi connectivity index (χ0v) is 14.6. The summed E-state index contributed by atoms with van der Waals surface area (Å²) < 4.78 is 24.6. The Morgan fingerprint density at radius 1 is 1.29 bits per heavy atom. The van der Waals surface area contributed by atoms with Crippen LogP contribution in [0.3, 0.4) is 0 Å². The molecule has 1 aliphatic heterocycles. The molecule has 1 fully saturated rings. The normalized spacial score (nSPS) is 17.4. The summed E-state index contributed by atoms with van der Waals surface area (Å²) in [5.74, 6) is 0. The van der Waals surface area contributed by atoms with Gasteiger partial charge in [-0.05, 0) is 13.5 Å². The lowest BCUT2D eigenvalue weighted by Crippen LogP contribution is -2.48. The van der Waals surface area contributed by atoms with E-state index in [9.17, 15) is 8.42 Å². The number of anilines is 1. The van der Waals surface area contributed by atoms with Gasteiger partial charge in [-0.25, -0.2) is 13.4 Å². The lowest BCUT2D eigenvalue weighted by Gasteiger charge is -2.32. The standard InChI is InChI=1S/C13H24N4O2S2/c1-4-5-11-12(10-14-2)20-13(15-11)16-6-8-17(9-7-16)21(3,18)19/h14H,4-10H2,1-3H3. The molecule has 1 N–H and O–H groups in total. The second-order valence-corrected chi connectivity index (χ2v) is 8.34. The molecule has 2 rings (SSSR count). The van der Waals surface area contributed by atoms with E-state index in [4.69, 9.17) is 4.98 Å². The van der Waals surface area contributed by atoms with Gasteiger partial charge in [-0.3, -0.25) is 0 Å². The molecule has 2 heterocycles. The summed E-state index contributed by atoms with van der Waals surface area (Å²) in [5, 5.41) is 4.22. The van der Waals surface area contributed by atoms with Gasteiger partial charge in [-0.15, -0.1) is 11.3 Å². The molecule has 0 amide bonds. The number of hydrogen-bond acceptors (Lipinski definition) is 6. The third-order valence-electron chi connectivity index (χ3n) is 3.57. The smallest absolute Gasteiger partial charge is 0.211 e. The lowest BCUT2D eigenvalue weighted by atomic mass is 10.2. The summed E-state index contributed by atoms with van der Waals surface area (Å²) in [6, 6.07) is 0. The molecule has 0 aliphatic carbocycles. The first-order chi connectivity index (χ1) is 9.95. The molecule has 8 heteroatoms. The average molecular weight is 332 g/mol. The minimum atomic E-state index is -3.07. The summed E-state index contributed by atoms with van der Waals surface area (Å²) >= 11 is 1.72. The van der Waals surface area contributed by atoms with Gasteiger partial charge in [0.05, 0.1) is 11.9 Å². The van der Waals surface area contributed by atoms with Crippen molar-refractivity contribution in [3.8, 4) is 0 Å². The third kappa shape index (κ3) is 4.15. The molecule has 6 nitrogen and oxygen atoms in total. The first kappa shape index (κ1) is 16.7. The highest BCUT2D eigenvalue weighted by atomic mass is 32.2. The van der Waals surface area contributed by atoms with Crippen LogP contribution in [0.15, 0.2) is 0 Å². The van der Waals surface area contributed by atoms with E-state index in [1.165, 1.54) is 16.8 Å². The van der Waals surface area contributed by atoms with Gasteiger partial charge >= 0.3 is 0 Å². The van der Waals surface area contributed by atoms with Crippen LogP contribution in [0.2, 0.25) is 0 Å². The molecule has 1 aromatic rings. The van der Waals surface area contributed by atoms with Gasteiger partial charge in [0, 0.05) is 37.6 Å². The van der Waals surface area contributed by atoms with Crippen molar-refractivity contribution >= 4 is 26.5 Å². The molecule has 0 unspecified atom stereocenters. The number of sulfonamides is 1. The molecule has 1 aromatic heterocycles. The van der Waals surface area contributed by atoms with Crippen molar-refractivity contribution in [3.05, 3.63) is 10.6 Å². The summed E-state index contributed by atoms with van der Waals surface area (Å²) in [4.78, 5) is 8.26. The Balaban J connectivity index is 2.08. The number of hydrogen-bond donors (Lipinski definition) is 1. The number of aryl methyl sites for hydroxylation is 1. The van der Waals surface area contributed by atoms with Crippen LogP contribution < -0.4 is 10.2 Å². The van der Waals surface area contributed by atoms with Crippen molar-refractivity contribution in [2.45, 2.75) is 26.3 Å². The Bertz CT molecular complexity index is 539. The number of thiazole rings is 1. The summed E-state index contributed by atoms with van der Waals surface area (Å²) in [7, 11) is -1.13. The zero-order valence-electron chi connectivity index (χ0n) is 12.9. The molecular weight excluding hydrogens is 308 g/mol. The van der Waals surface area contributed by atoms with Gasteiger partial charge in [0.1, 0.15) is 0 Å². The van der Waals surface area contributed by atoms with Crippen LogP contribution in [0.5, 0.6) is 0 Å². The van der Waals surface area contributed by atoms with Gasteiger partial charge in [0.15, 0.2) is 5.13 Å². The predicted octanol–water partition coefficient (Wildman–Crippen LogP) is 0.897. The molecule has 1 aliphatic rings. The van der Waals surface area contributed by atoms with E-state index in [0.717, 1.165) is 24.5 Å². The van der Waals surface area contributed by atoms with Crippen LogP contribution in [0.4, 0.5) is 5.13 Å². The van der Waals surface area contributed by atoms with E-state index in [2.05, 4.69) is 17.1 Å². The van der Waals surface area contributed by atoms with Crippen LogP contribution in [0.25, 0.3) is 0 Å². The fraction of sp³-hybridized carbons (Fsp3) is 0.769. The van der Waals surface area contributed by atoms with Crippen LogP contribution in [0.1, 0.15) is 23.9 Å². The number of rotatable bonds is 6. The summed E-state index contributed by atoms with van der Waals surface area (Å²) in [5.41, 5.74) is 1.18. The number of nitrogens with zero attached hydrogens (tertiary/aromatic N) is 3. The van der Waals surface area contributed by atoms with Gasteiger partial charge in [-0.2, -0.15) is 4.31 Å². The van der Waals surface area contributed by atoms with Crippen molar-refractivity contribution in [2.75, 3.05) is 44.4 Å². The molecule has 0 bridgehead atoms. The Hall–Kier alpha value is -0.700. The minimum absolute atomic E-state index is 0.545. The maximum atomic E-state index is 11.5. The van der Waals surface area contributed by atoms with E-state index in [1.54, 1.807) is 15.6 Å². The number of aromatic nitrogens is 1. The second kappa shape index (κ2) is 7.04. The maximum absolute atomic E-state index is 11.5. The summed E-state index contributed by atoms with van der Waals surface area (Å²) in [6.45, 7) is 5.52. The van der Waals surface area contributed by atoms with Crippen molar-refractivity contribution in [2.24, 2.45) is 0 Å². The zero-order chi connectivity index (χ0) is 15.5. The second-order valence-electron chi connectivity index (χ2n) is 5.30. The van der Waals surface area contributed by atoms with E-state index < -0.39 is 10.0 Å². The van der Waals surface area contributed by atoms with Crippen LogP contribution >= 0.6 is 11.3 Å². The van der Waals surface area contributed by atoms with Gasteiger partial charge in [-0.1, -0.05) is 13.3 Å². The molecular formula is C13H24N4O2S2. The molecule has 0 atom stereocenters. The fourth-order valence-electron chi connectivity index (χ4n) is 2.45. The van der Waals surface area contributed by atoms with Gasteiger partial charge in [0.2, 0.25) is 10.0 Å². The van der Waals surface area contributed by atoms with E-state index >= 15 is 0 Å². The molecule has 0 radical (unpaired) electrons. The van der Waals surface area contributed by atoms with E-state index in [-0.39, 0.29) is 0 Å². The first-order valence-electron chi connectivity index (χ1n) is 7.29. The Morgan fingerprint density at radius 3 is 2.48 bits per heavy atom. The molecule has 120 valence electrons. The highest BCUT2D eigenvalue weighted by molar-refractivity contribution is 7.88. The van der Waals surface area contributed by atoms with Crippen molar-refractivity contribution in [1.82, 2.24) is 14.6 Å². The predicted molar refractivity (Wildman–Crippen MR) is 87.5 cm³/mol. The highest BCUT2D eigenvalue weighted by Crippen LogP contribution is 2.28. The van der Waals surface area contributed by atoms with E-state index in [0.29, 0.717) is 26.2 Å².